The molecule has 0 atom stereocenters. The minimum atomic E-state index is -1.02. The Balaban J connectivity index is 2.41. The Morgan fingerprint density at radius 1 is 1.04 bits per heavy atom. The molecule has 0 bridgehead atoms. The number of rotatable bonds is 4. The minimum Gasteiger partial charge on any atom is -0.478 e. The van der Waals surface area contributed by atoms with Gasteiger partial charge in [0, 0.05) is 20.2 Å². The van der Waals surface area contributed by atoms with Crippen LogP contribution < -0.4 is 4.74 Å². The van der Waals surface area contributed by atoms with Gasteiger partial charge in [-0.3, -0.25) is 0 Å². The molecule has 124 valence electrons. The van der Waals surface area contributed by atoms with E-state index in [1.165, 1.54) is 11.0 Å². The lowest BCUT2D eigenvalue weighted by Gasteiger charge is -2.14. The van der Waals surface area contributed by atoms with Crippen LogP contribution >= 0.6 is 0 Å². The number of hydrogen-bond donors (Lipinski definition) is 1. The fourth-order valence-electron chi connectivity index (χ4n) is 2.19. The minimum absolute atomic E-state index is 0.445. The van der Waals surface area contributed by atoms with E-state index in [2.05, 4.69) is 0 Å². The van der Waals surface area contributed by atoms with E-state index < -0.39 is 12.1 Å². The Morgan fingerprint density at radius 2 is 1.71 bits per heavy atom. The van der Waals surface area contributed by atoms with Crippen LogP contribution in [-0.4, -0.2) is 36.2 Å². The molecule has 0 aromatic heterocycles. The molecule has 0 aliphatic carbocycles. The molecule has 24 heavy (non-hydrogen) atoms. The number of amides is 1. The second kappa shape index (κ2) is 7.46. The standard InChI is InChI=1S/C19H19NO4/c1-13-11-15(9-10-17(13)24-19(23)20(2)3)16(12-18(21)22)14-7-5-4-6-8-14/h4-12H,1-3H3,(H,21,22). The average Bonchev–Trinajstić information content (AvgIpc) is 2.55. The van der Waals surface area contributed by atoms with Gasteiger partial charge in [-0.05, 0) is 41.3 Å². The summed E-state index contributed by atoms with van der Waals surface area (Å²) in [5.41, 5.74) is 2.88. The number of carboxylic acids is 1. The second-order valence-electron chi connectivity index (χ2n) is 5.50. The van der Waals surface area contributed by atoms with E-state index in [1.807, 2.05) is 37.3 Å². The SMILES string of the molecule is Cc1cc(C(=CC(=O)O)c2ccccc2)ccc1OC(=O)N(C)C. The highest BCUT2D eigenvalue weighted by Crippen LogP contribution is 2.28. The molecule has 5 nitrogen and oxygen atoms in total. The van der Waals surface area contributed by atoms with Crippen LogP contribution in [0.4, 0.5) is 4.79 Å². The molecule has 0 spiro atoms. The first kappa shape index (κ1) is 17.3. The third-order valence-electron chi connectivity index (χ3n) is 3.40. The molecule has 1 N–H and O–H groups in total. The summed E-state index contributed by atoms with van der Waals surface area (Å²) in [7, 11) is 3.21. The molecule has 0 radical (unpaired) electrons. The number of aryl methyl sites for hydroxylation is 1. The number of ether oxygens (including phenoxy) is 1. The highest BCUT2D eigenvalue weighted by Gasteiger charge is 2.12. The first-order valence-corrected chi connectivity index (χ1v) is 7.38. The summed E-state index contributed by atoms with van der Waals surface area (Å²) >= 11 is 0. The van der Waals surface area contributed by atoms with Gasteiger partial charge in [0.25, 0.3) is 0 Å². The number of benzene rings is 2. The van der Waals surface area contributed by atoms with Crippen LogP contribution in [0.15, 0.2) is 54.6 Å². The normalized spacial score (nSPS) is 11.0. The summed E-state index contributed by atoms with van der Waals surface area (Å²) in [4.78, 5) is 24.2. The van der Waals surface area contributed by atoms with Crippen molar-refractivity contribution in [3.05, 3.63) is 71.3 Å². The summed E-state index contributed by atoms with van der Waals surface area (Å²) < 4.78 is 5.28. The molecule has 5 heteroatoms. The Hall–Kier alpha value is -3.08. The van der Waals surface area contributed by atoms with Gasteiger partial charge in [-0.1, -0.05) is 36.4 Å². The van der Waals surface area contributed by atoms with E-state index in [0.717, 1.165) is 16.7 Å². The van der Waals surface area contributed by atoms with E-state index in [1.54, 1.807) is 32.3 Å². The largest absolute Gasteiger partial charge is 0.478 e. The number of hydrogen-bond acceptors (Lipinski definition) is 3. The Bertz CT molecular complexity index is 779. The van der Waals surface area contributed by atoms with Crippen LogP contribution in [0.25, 0.3) is 5.57 Å². The average molecular weight is 325 g/mol. The molecule has 0 saturated heterocycles. The van der Waals surface area contributed by atoms with Crippen molar-refractivity contribution >= 4 is 17.6 Å². The maximum absolute atomic E-state index is 11.7. The van der Waals surface area contributed by atoms with Crippen molar-refractivity contribution in [2.24, 2.45) is 0 Å². The third-order valence-corrected chi connectivity index (χ3v) is 3.40. The molecule has 2 rings (SSSR count). The third kappa shape index (κ3) is 4.23. The van der Waals surface area contributed by atoms with Crippen LogP contribution in [0.2, 0.25) is 0 Å². The maximum atomic E-state index is 11.7. The van der Waals surface area contributed by atoms with Crippen molar-refractivity contribution in [1.29, 1.82) is 0 Å². The van der Waals surface area contributed by atoms with Gasteiger partial charge < -0.3 is 14.7 Å². The maximum Gasteiger partial charge on any atom is 0.414 e. The number of carbonyl (C=O) groups excluding carboxylic acids is 1. The zero-order chi connectivity index (χ0) is 17.7. The second-order valence-corrected chi connectivity index (χ2v) is 5.50. The number of carboxylic acid groups (broad SMARTS) is 1. The van der Waals surface area contributed by atoms with Crippen LogP contribution in [-0.2, 0) is 4.79 Å². The fourth-order valence-corrected chi connectivity index (χ4v) is 2.19. The predicted molar refractivity (Wildman–Crippen MR) is 92.0 cm³/mol. The molecular formula is C19H19NO4. The van der Waals surface area contributed by atoms with E-state index in [0.29, 0.717) is 11.3 Å². The molecule has 0 saturated carbocycles. The predicted octanol–water partition coefficient (Wildman–Crippen LogP) is 3.57. The molecule has 2 aromatic carbocycles. The van der Waals surface area contributed by atoms with E-state index in [-0.39, 0.29) is 0 Å². The van der Waals surface area contributed by atoms with Crippen LogP contribution in [0.3, 0.4) is 0 Å². The van der Waals surface area contributed by atoms with Gasteiger partial charge in [-0.25, -0.2) is 9.59 Å². The van der Waals surface area contributed by atoms with Crippen LogP contribution in [0, 0.1) is 6.92 Å². The molecular weight excluding hydrogens is 306 g/mol. The smallest absolute Gasteiger partial charge is 0.414 e. The quantitative estimate of drug-likeness (QED) is 0.873. The molecule has 0 aliphatic heterocycles. The molecule has 0 aliphatic rings. The molecule has 1 amide bonds. The summed E-state index contributed by atoms with van der Waals surface area (Å²) in [6.45, 7) is 1.81. The summed E-state index contributed by atoms with van der Waals surface area (Å²) in [5.74, 6) is -0.574. The van der Waals surface area contributed by atoms with Crippen molar-refractivity contribution in [2.75, 3.05) is 14.1 Å². The van der Waals surface area contributed by atoms with E-state index in [9.17, 15) is 9.59 Å². The highest BCUT2D eigenvalue weighted by molar-refractivity contribution is 5.95. The lowest BCUT2D eigenvalue weighted by molar-refractivity contribution is -0.131. The van der Waals surface area contributed by atoms with Gasteiger partial charge >= 0.3 is 12.1 Å². The Morgan fingerprint density at radius 3 is 2.25 bits per heavy atom. The zero-order valence-electron chi connectivity index (χ0n) is 13.8. The topological polar surface area (TPSA) is 66.8 Å². The van der Waals surface area contributed by atoms with Crippen molar-refractivity contribution in [1.82, 2.24) is 4.90 Å². The first-order valence-electron chi connectivity index (χ1n) is 7.38. The number of carbonyl (C=O) groups is 2. The summed E-state index contributed by atoms with van der Waals surface area (Å²) in [6.07, 6.45) is 0.713. The van der Waals surface area contributed by atoms with E-state index >= 15 is 0 Å². The van der Waals surface area contributed by atoms with Crippen molar-refractivity contribution in [2.45, 2.75) is 6.92 Å². The van der Waals surface area contributed by atoms with Crippen molar-refractivity contribution in [3.63, 3.8) is 0 Å². The molecule has 0 unspecified atom stereocenters. The lowest BCUT2D eigenvalue weighted by atomic mass is 9.96. The number of aliphatic carboxylic acids is 1. The summed E-state index contributed by atoms with van der Waals surface area (Å²) in [6, 6.07) is 14.5. The molecule has 2 aromatic rings. The van der Waals surface area contributed by atoms with Crippen LogP contribution in [0.1, 0.15) is 16.7 Å². The lowest BCUT2D eigenvalue weighted by Crippen LogP contribution is -2.25. The van der Waals surface area contributed by atoms with Gasteiger partial charge in [0.15, 0.2) is 0 Å². The monoisotopic (exact) mass is 325 g/mol. The van der Waals surface area contributed by atoms with Gasteiger partial charge in [-0.15, -0.1) is 0 Å². The highest BCUT2D eigenvalue weighted by atomic mass is 16.6. The Labute approximate surface area is 140 Å². The van der Waals surface area contributed by atoms with E-state index in [4.69, 9.17) is 9.84 Å². The molecule has 0 heterocycles. The zero-order valence-corrected chi connectivity index (χ0v) is 13.8. The van der Waals surface area contributed by atoms with Crippen molar-refractivity contribution < 1.29 is 19.4 Å². The first-order chi connectivity index (χ1) is 11.4. The van der Waals surface area contributed by atoms with Gasteiger partial charge in [0.2, 0.25) is 0 Å². The Kier molecular flexibility index (Phi) is 5.37. The van der Waals surface area contributed by atoms with Crippen molar-refractivity contribution in [3.8, 4) is 5.75 Å². The summed E-state index contributed by atoms with van der Waals surface area (Å²) in [5, 5.41) is 9.16. The molecule has 0 fully saturated rings. The van der Waals surface area contributed by atoms with Gasteiger partial charge in [-0.2, -0.15) is 0 Å². The van der Waals surface area contributed by atoms with Gasteiger partial charge in [0.1, 0.15) is 5.75 Å². The number of nitrogens with zero attached hydrogens (tertiary/aromatic N) is 1. The van der Waals surface area contributed by atoms with Crippen LogP contribution in [0.5, 0.6) is 5.75 Å². The fraction of sp³-hybridized carbons (Fsp3) is 0.158. The van der Waals surface area contributed by atoms with Gasteiger partial charge in [0.05, 0.1) is 0 Å².